The summed E-state index contributed by atoms with van der Waals surface area (Å²) in [6.45, 7) is 6.21. The van der Waals surface area contributed by atoms with Gasteiger partial charge in [-0.1, -0.05) is 13.8 Å². The van der Waals surface area contributed by atoms with Crippen LogP contribution in [0.1, 0.15) is 26.7 Å². The van der Waals surface area contributed by atoms with Crippen molar-refractivity contribution in [2.75, 3.05) is 18.0 Å². The second-order valence-corrected chi connectivity index (χ2v) is 4.10. The van der Waals surface area contributed by atoms with E-state index in [0.717, 1.165) is 31.9 Å². The molecule has 0 spiro atoms. The van der Waals surface area contributed by atoms with Crippen molar-refractivity contribution >= 4 is 30.4 Å². The van der Waals surface area contributed by atoms with Gasteiger partial charge in [0.15, 0.2) is 4.77 Å². The Kier molecular flexibility index (Phi) is 4.90. The Balaban J connectivity index is 2.99. The number of hydrogen-bond acceptors (Lipinski definition) is 4. The number of aromatic nitrogens is 3. The summed E-state index contributed by atoms with van der Waals surface area (Å²) in [6, 6.07) is 0. The van der Waals surface area contributed by atoms with Gasteiger partial charge in [0.05, 0.1) is 0 Å². The van der Waals surface area contributed by atoms with Crippen LogP contribution in [0.3, 0.4) is 0 Å². The molecule has 2 N–H and O–H groups in total. The molecule has 6 heteroatoms. The highest BCUT2D eigenvalue weighted by Gasteiger charge is 2.06. The number of H-pyrrole nitrogens is 2. The van der Waals surface area contributed by atoms with Crippen molar-refractivity contribution in [2.45, 2.75) is 26.7 Å². The Hall–Kier alpha value is -0.750. The first-order valence-corrected chi connectivity index (χ1v) is 5.94. The molecule has 0 aliphatic rings. The smallest absolute Gasteiger partial charge is 0.207 e. The highest BCUT2D eigenvalue weighted by atomic mass is 32.1. The Bertz CT molecular complexity index is 375. The van der Waals surface area contributed by atoms with Crippen LogP contribution in [-0.2, 0) is 0 Å². The molecule has 0 aliphatic heterocycles. The van der Waals surface area contributed by atoms with E-state index in [4.69, 9.17) is 24.4 Å². The molecule has 0 fully saturated rings. The van der Waals surface area contributed by atoms with Gasteiger partial charge in [0, 0.05) is 13.1 Å². The third kappa shape index (κ3) is 3.71. The SMILES string of the molecule is CCCN(CCC)c1nc(=S)[nH]c(=S)[nH]1. The normalized spacial score (nSPS) is 10.3. The second-order valence-electron chi connectivity index (χ2n) is 3.31. The summed E-state index contributed by atoms with van der Waals surface area (Å²) in [7, 11) is 0. The van der Waals surface area contributed by atoms with Crippen molar-refractivity contribution in [1.82, 2.24) is 15.0 Å². The van der Waals surface area contributed by atoms with Gasteiger partial charge in [-0.3, -0.25) is 0 Å². The van der Waals surface area contributed by atoms with Crippen molar-refractivity contribution < 1.29 is 0 Å². The van der Waals surface area contributed by atoms with Crippen LogP contribution in [0.4, 0.5) is 5.95 Å². The number of hydrogen-bond donors (Lipinski definition) is 2. The Labute approximate surface area is 99.8 Å². The predicted molar refractivity (Wildman–Crippen MR) is 67.4 cm³/mol. The zero-order chi connectivity index (χ0) is 11.3. The lowest BCUT2D eigenvalue weighted by Gasteiger charge is -2.21. The van der Waals surface area contributed by atoms with Crippen LogP contribution in [0.15, 0.2) is 0 Å². The molecule has 84 valence electrons. The number of nitrogens with one attached hydrogen (secondary N) is 2. The summed E-state index contributed by atoms with van der Waals surface area (Å²) < 4.78 is 0.966. The summed E-state index contributed by atoms with van der Waals surface area (Å²) in [6.07, 6.45) is 2.15. The van der Waals surface area contributed by atoms with E-state index in [1.807, 2.05) is 0 Å². The number of rotatable bonds is 5. The lowest BCUT2D eigenvalue weighted by atomic mass is 10.4. The molecule has 1 aromatic rings. The van der Waals surface area contributed by atoms with Crippen molar-refractivity contribution in [3.05, 3.63) is 9.54 Å². The summed E-state index contributed by atoms with van der Waals surface area (Å²) in [4.78, 5) is 12.2. The van der Waals surface area contributed by atoms with Gasteiger partial charge in [0.2, 0.25) is 10.7 Å². The Morgan fingerprint density at radius 2 is 1.73 bits per heavy atom. The molecule has 0 amide bonds. The van der Waals surface area contributed by atoms with Gasteiger partial charge < -0.3 is 14.9 Å². The van der Waals surface area contributed by atoms with Crippen LogP contribution in [0.25, 0.3) is 0 Å². The Morgan fingerprint density at radius 1 is 1.13 bits per heavy atom. The van der Waals surface area contributed by atoms with Gasteiger partial charge >= 0.3 is 0 Å². The van der Waals surface area contributed by atoms with E-state index in [1.165, 1.54) is 0 Å². The molecule has 0 aromatic carbocycles. The van der Waals surface area contributed by atoms with E-state index in [9.17, 15) is 0 Å². The maximum Gasteiger partial charge on any atom is 0.207 e. The fraction of sp³-hybridized carbons (Fsp3) is 0.667. The van der Waals surface area contributed by atoms with Gasteiger partial charge in [-0.2, -0.15) is 4.98 Å². The van der Waals surface area contributed by atoms with E-state index >= 15 is 0 Å². The highest BCUT2D eigenvalue weighted by molar-refractivity contribution is 7.71. The minimum atomic E-state index is 0.436. The number of anilines is 1. The van der Waals surface area contributed by atoms with E-state index in [0.29, 0.717) is 9.54 Å². The molecule has 1 heterocycles. The average molecular weight is 244 g/mol. The molecule has 0 saturated heterocycles. The monoisotopic (exact) mass is 244 g/mol. The molecule has 4 nitrogen and oxygen atoms in total. The maximum absolute atomic E-state index is 5.03. The molecule has 1 aromatic heterocycles. The summed E-state index contributed by atoms with van der Waals surface area (Å²) in [5.41, 5.74) is 0. The van der Waals surface area contributed by atoms with Crippen LogP contribution >= 0.6 is 24.4 Å². The molecule has 15 heavy (non-hydrogen) atoms. The molecular weight excluding hydrogens is 228 g/mol. The molecule has 0 atom stereocenters. The third-order valence-electron chi connectivity index (χ3n) is 1.94. The van der Waals surface area contributed by atoms with Crippen molar-refractivity contribution in [3.63, 3.8) is 0 Å². The fourth-order valence-corrected chi connectivity index (χ4v) is 1.84. The number of aromatic amines is 2. The summed E-state index contributed by atoms with van der Waals surface area (Å²) in [5.74, 6) is 0.771. The quantitative estimate of drug-likeness (QED) is 0.782. The van der Waals surface area contributed by atoms with Gasteiger partial charge in [0.1, 0.15) is 0 Å². The fourth-order valence-electron chi connectivity index (χ4n) is 1.40. The molecule has 0 saturated carbocycles. The molecule has 0 radical (unpaired) electrons. The third-order valence-corrected chi connectivity index (χ3v) is 2.34. The van der Waals surface area contributed by atoms with E-state index in [2.05, 4.69) is 33.7 Å². The molecule has 0 unspecified atom stereocenters. The summed E-state index contributed by atoms with van der Waals surface area (Å²) >= 11 is 10.0. The zero-order valence-corrected chi connectivity index (χ0v) is 10.7. The van der Waals surface area contributed by atoms with Crippen LogP contribution < -0.4 is 4.90 Å². The van der Waals surface area contributed by atoms with Gasteiger partial charge in [0.25, 0.3) is 0 Å². The summed E-state index contributed by atoms with van der Waals surface area (Å²) in [5, 5.41) is 0. The van der Waals surface area contributed by atoms with E-state index in [1.54, 1.807) is 0 Å². The predicted octanol–water partition coefficient (Wildman–Crippen LogP) is 2.82. The van der Waals surface area contributed by atoms with E-state index in [-0.39, 0.29) is 0 Å². The van der Waals surface area contributed by atoms with Crippen molar-refractivity contribution in [1.29, 1.82) is 0 Å². The van der Waals surface area contributed by atoms with Crippen molar-refractivity contribution in [2.24, 2.45) is 0 Å². The second kappa shape index (κ2) is 5.97. The number of nitrogens with zero attached hydrogens (tertiary/aromatic N) is 2. The highest BCUT2D eigenvalue weighted by Crippen LogP contribution is 2.06. The zero-order valence-electron chi connectivity index (χ0n) is 9.04. The topological polar surface area (TPSA) is 47.7 Å². The minimum Gasteiger partial charge on any atom is -0.342 e. The van der Waals surface area contributed by atoms with Crippen LogP contribution in [0, 0.1) is 9.54 Å². The maximum atomic E-state index is 5.03. The van der Waals surface area contributed by atoms with Crippen LogP contribution in [0.5, 0.6) is 0 Å². The largest absolute Gasteiger partial charge is 0.342 e. The first-order chi connectivity index (χ1) is 7.17. The van der Waals surface area contributed by atoms with Crippen LogP contribution in [-0.4, -0.2) is 28.0 Å². The van der Waals surface area contributed by atoms with Crippen molar-refractivity contribution in [3.8, 4) is 0 Å². The molecule has 0 bridgehead atoms. The first kappa shape index (κ1) is 12.3. The van der Waals surface area contributed by atoms with Gasteiger partial charge in [-0.25, -0.2) is 0 Å². The lowest BCUT2D eigenvalue weighted by molar-refractivity contribution is 0.714. The van der Waals surface area contributed by atoms with Crippen LogP contribution in [0.2, 0.25) is 0 Å². The van der Waals surface area contributed by atoms with E-state index < -0.39 is 0 Å². The minimum absolute atomic E-state index is 0.436. The van der Waals surface area contributed by atoms with Gasteiger partial charge in [-0.15, -0.1) is 0 Å². The average Bonchev–Trinajstić information content (AvgIpc) is 2.16. The molecular formula is C9H16N4S2. The Morgan fingerprint density at radius 3 is 2.20 bits per heavy atom. The lowest BCUT2D eigenvalue weighted by Crippen LogP contribution is -2.27. The standard InChI is InChI=1S/C9H16N4S2/c1-3-5-13(6-4-2)7-10-8(14)12-9(15)11-7/h3-6H2,1-2H3,(H2,10,11,12,14,15). The molecule has 1 rings (SSSR count). The first-order valence-electron chi connectivity index (χ1n) is 5.13. The molecule has 0 aliphatic carbocycles. The van der Waals surface area contributed by atoms with Gasteiger partial charge in [-0.05, 0) is 37.3 Å².